The molecule has 0 saturated carbocycles. The molecule has 2 heterocycles. The number of H-pyrrole nitrogens is 1. The average Bonchev–Trinajstić information content (AvgIpc) is 2.94. The molecule has 2 N–H and O–H groups in total. The number of Topliss-reactive ketones (excluding diaryl/α,β-unsaturated/α-hetero) is 1. The van der Waals surface area contributed by atoms with Crippen LogP contribution in [0.2, 0.25) is 0 Å². The van der Waals surface area contributed by atoms with Crippen LogP contribution < -0.4 is 24.8 Å². The molecule has 0 unspecified atom stereocenters. The molecule has 0 bridgehead atoms. The number of nitrogens with one attached hydrogen (secondary N) is 2. The maximum Gasteiger partial charge on any atom is 0.266 e. The minimum Gasteiger partial charge on any atom is -0.493 e. The number of carbonyl (C=O) groups excluding carboxylic acids is 1. The molecular formula is C20H22N2O3S. The lowest BCUT2D eigenvalue weighted by Gasteiger charge is -2.21. The standard InChI is InChI=1S/C20H22N2O3S/c1-4-21-20(2,3)17(23)12-18-22-19(24)16(26-18)11-13-7-8-15-14(10-13)6-5-9-25-15/h4,7-8,10-12,21H,1,5-6,9H2,2-3H3,(H,22,24)/b16-11-,18-12+. The van der Waals surface area contributed by atoms with Crippen LogP contribution in [0.1, 0.15) is 31.4 Å². The molecule has 2 aromatic rings. The Labute approximate surface area is 155 Å². The molecule has 0 saturated heterocycles. The highest BCUT2D eigenvalue weighted by Crippen LogP contribution is 2.25. The first kappa shape index (κ1) is 18.2. The molecule has 5 nitrogen and oxygen atoms in total. The summed E-state index contributed by atoms with van der Waals surface area (Å²) in [6.07, 6.45) is 6.78. The molecule has 0 fully saturated rings. The average molecular weight is 370 g/mol. The van der Waals surface area contributed by atoms with Crippen LogP contribution in [0.15, 0.2) is 35.8 Å². The first-order valence-electron chi connectivity index (χ1n) is 8.50. The Balaban J connectivity index is 1.94. The predicted octanol–water partition coefficient (Wildman–Crippen LogP) is 1.45. The minimum atomic E-state index is -0.773. The van der Waals surface area contributed by atoms with Crippen molar-refractivity contribution in [2.24, 2.45) is 0 Å². The van der Waals surface area contributed by atoms with Gasteiger partial charge in [-0.15, -0.1) is 11.3 Å². The summed E-state index contributed by atoms with van der Waals surface area (Å²) in [5.41, 5.74) is 1.15. The second-order valence-corrected chi connectivity index (χ2v) is 7.81. The van der Waals surface area contributed by atoms with E-state index in [4.69, 9.17) is 4.74 Å². The smallest absolute Gasteiger partial charge is 0.266 e. The van der Waals surface area contributed by atoms with Crippen molar-refractivity contribution in [1.29, 1.82) is 0 Å². The highest BCUT2D eigenvalue weighted by Gasteiger charge is 2.23. The van der Waals surface area contributed by atoms with E-state index < -0.39 is 5.54 Å². The number of hydrogen-bond acceptors (Lipinski definition) is 5. The molecule has 1 aliphatic rings. The number of aromatic amines is 1. The molecule has 1 aliphatic heterocycles. The van der Waals surface area contributed by atoms with Crippen LogP contribution in [0.3, 0.4) is 0 Å². The van der Waals surface area contributed by atoms with Gasteiger partial charge in [0.25, 0.3) is 5.56 Å². The number of hydrogen-bond donors (Lipinski definition) is 2. The van der Waals surface area contributed by atoms with Crippen molar-refractivity contribution in [3.8, 4) is 5.75 Å². The summed E-state index contributed by atoms with van der Waals surface area (Å²) < 4.78 is 6.72. The fraction of sp³-hybridized carbons (Fsp3) is 0.300. The fourth-order valence-electron chi connectivity index (χ4n) is 2.77. The maximum atomic E-state index is 12.4. The molecule has 26 heavy (non-hydrogen) atoms. The SMILES string of the molecule is C=CNC(C)(C)C(=O)/C=c1\[nH]c(=O)/c(=C/c2ccc3c(c2)CCCO3)s1. The summed E-state index contributed by atoms with van der Waals surface area (Å²) in [6, 6.07) is 5.94. The molecule has 1 aromatic heterocycles. The van der Waals surface area contributed by atoms with Gasteiger partial charge in [-0.2, -0.15) is 0 Å². The Hall–Kier alpha value is -2.60. The van der Waals surface area contributed by atoms with Crippen molar-refractivity contribution < 1.29 is 9.53 Å². The van der Waals surface area contributed by atoms with Crippen molar-refractivity contribution in [1.82, 2.24) is 10.3 Å². The number of aromatic nitrogens is 1. The summed E-state index contributed by atoms with van der Waals surface area (Å²) in [7, 11) is 0. The van der Waals surface area contributed by atoms with Gasteiger partial charge >= 0.3 is 0 Å². The number of fused-ring (bicyclic) bond motifs is 1. The Morgan fingerprint density at radius 1 is 1.42 bits per heavy atom. The highest BCUT2D eigenvalue weighted by atomic mass is 32.1. The largest absolute Gasteiger partial charge is 0.493 e. The Morgan fingerprint density at radius 2 is 2.23 bits per heavy atom. The summed E-state index contributed by atoms with van der Waals surface area (Å²) in [4.78, 5) is 27.3. The van der Waals surface area contributed by atoms with Crippen molar-refractivity contribution in [3.63, 3.8) is 0 Å². The van der Waals surface area contributed by atoms with Gasteiger partial charge in [-0.05, 0) is 62.2 Å². The zero-order valence-electron chi connectivity index (χ0n) is 14.9. The number of rotatable bonds is 5. The van der Waals surface area contributed by atoms with Crippen LogP contribution in [0.4, 0.5) is 0 Å². The third-order valence-corrected chi connectivity index (χ3v) is 5.21. The van der Waals surface area contributed by atoms with Crippen molar-refractivity contribution in [2.45, 2.75) is 32.2 Å². The highest BCUT2D eigenvalue weighted by molar-refractivity contribution is 7.07. The molecule has 0 aliphatic carbocycles. The van der Waals surface area contributed by atoms with E-state index in [1.54, 1.807) is 13.8 Å². The topological polar surface area (TPSA) is 71.2 Å². The van der Waals surface area contributed by atoms with Crippen LogP contribution in [0, 0.1) is 0 Å². The number of ether oxygens (including phenoxy) is 1. The van der Waals surface area contributed by atoms with Crippen LogP contribution in [0.25, 0.3) is 12.2 Å². The van der Waals surface area contributed by atoms with Gasteiger partial charge < -0.3 is 15.0 Å². The van der Waals surface area contributed by atoms with E-state index in [2.05, 4.69) is 22.9 Å². The second kappa shape index (κ2) is 7.33. The number of carbonyl (C=O) groups is 1. The molecule has 0 atom stereocenters. The fourth-order valence-corrected chi connectivity index (χ4v) is 3.66. The molecule has 0 amide bonds. The molecule has 136 valence electrons. The van der Waals surface area contributed by atoms with Crippen LogP contribution in [-0.4, -0.2) is 22.9 Å². The van der Waals surface area contributed by atoms with Crippen molar-refractivity contribution in [2.75, 3.05) is 6.61 Å². The molecule has 6 heteroatoms. The van der Waals surface area contributed by atoms with E-state index in [1.807, 2.05) is 18.2 Å². The van der Waals surface area contributed by atoms with Gasteiger partial charge in [-0.25, -0.2) is 0 Å². The van der Waals surface area contributed by atoms with Crippen LogP contribution >= 0.6 is 11.3 Å². The van der Waals surface area contributed by atoms with Gasteiger partial charge in [0.1, 0.15) is 5.75 Å². The number of aryl methyl sites for hydroxylation is 1. The van der Waals surface area contributed by atoms with E-state index in [1.165, 1.54) is 23.6 Å². The Morgan fingerprint density at radius 3 is 3.00 bits per heavy atom. The summed E-state index contributed by atoms with van der Waals surface area (Å²) >= 11 is 1.27. The lowest BCUT2D eigenvalue weighted by molar-refractivity contribution is -0.117. The van der Waals surface area contributed by atoms with E-state index >= 15 is 0 Å². The zero-order valence-corrected chi connectivity index (χ0v) is 15.7. The number of thiazole rings is 1. The van der Waals surface area contributed by atoms with Gasteiger partial charge in [0.05, 0.1) is 21.3 Å². The normalized spacial score (nSPS) is 15.3. The van der Waals surface area contributed by atoms with Crippen LogP contribution in [-0.2, 0) is 11.2 Å². The first-order chi connectivity index (χ1) is 12.4. The quantitative estimate of drug-likeness (QED) is 0.836. The van der Waals surface area contributed by atoms with E-state index in [9.17, 15) is 9.59 Å². The predicted molar refractivity (Wildman–Crippen MR) is 105 cm³/mol. The molecule has 0 spiro atoms. The third-order valence-electron chi connectivity index (χ3n) is 4.25. The lowest BCUT2D eigenvalue weighted by Crippen LogP contribution is -2.43. The number of benzene rings is 1. The van der Waals surface area contributed by atoms with Gasteiger partial charge in [-0.3, -0.25) is 9.59 Å². The van der Waals surface area contributed by atoms with Gasteiger partial charge in [0.15, 0.2) is 5.78 Å². The minimum absolute atomic E-state index is 0.132. The van der Waals surface area contributed by atoms with E-state index in [0.29, 0.717) is 9.20 Å². The third kappa shape index (κ3) is 3.96. The monoisotopic (exact) mass is 370 g/mol. The zero-order chi connectivity index (χ0) is 18.7. The molecule has 0 radical (unpaired) electrons. The summed E-state index contributed by atoms with van der Waals surface area (Å²) in [6.45, 7) is 7.87. The lowest BCUT2D eigenvalue weighted by atomic mass is 10.00. The Bertz CT molecular complexity index is 1010. The van der Waals surface area contributed by atoms with Gasteiger partial charge in [0, 0.05) is 6.08 Å². The summed E-state index contributed by atoms with van der Waals surface area (Å²) in [5.74, 6) is 0.789. The van der Waals surface area contributed by atoms with E-state index in [-0.39, 0.29) is 11.3 Å². The second-order valence-electron chi connectivity index (χ2n) is 6.73. The maximum absolute atomic E-state index is 12.4. The Kier molecular flexibility index (Phi) is 5.13. The van der Waals surface area contributed by atoms with Gasteiger partial charge in [-0.1, -0.05) is 12.6 Å². The van der Waals surface area contributed by atoms with Gasteiger partial charge in [0.2, 0.25) is 0 Å². The molecule has 1 aromatic carbocycles. The van der Waals surface area contributed by atoms with Crippen molar-refractivity contribution in [3.05, 3.63) is 61.7 Å². The van der Waals surface area contributed by atoms with E-state index in [0.717, 1.165) is 36.3 Å². The molecule has 3 rings (SSSR count). The van der Waals surface area contributed by atoms with Crippen molar-refractivity contribution >= 4 is 29.3 Å². The molecular weight excluding hydrogens is 348 g/mol. The van der Waals surface area contributed by atoms with Crippen LogP contribution in [0.5, 0.6) is 5.75 Å². The first-order valence-corrected chi connectivity index (χ1v) is 9.32. The summed E-state index contributed by atoms with van der Waals surface area (Å²) in [5, 5.41) is 2.91. The number of ketones is 1.